The van der Waals surface area contributed by atoms with Crippen LogP contribution in [0.2, 0.25) is 0 Å². The van der Waals surface area contributed by atoms with Gasteiger partial charge >= 0.3 is 5.97 Å². The van der Waals surface area contributed by atoms with Gasteiger partial charge in [0.1, 0.15) is 0 Å². The summed E-state index contributed by atoms with van der Waals surface area (Å²) in [7, 11) is 1.61. The number of nitrogens with zero attached hydrogens (tertiary/aromatic N) is 3. The first-order chi connectivity index (χ1) is 9.22. The minimum absolute atomic E-state index is 0.0628. The highest BCUT2D eigenvalue weighted by atomic mass is 16.5. The van der Waals surface area contributed by atoms with E-state index in [0.717, 1.165) is 6.54 Å². The Balaban J connectivity index is 2.11. The van der Waals surface area contributed by atoms with E-state index in [1.807, 2.05) is 0 Å². The van der Waals surface area contributed by atoms with Crippen LogP contribution >= 0.6 is 0 Å². The molecule has 0 bridgehead atoms. The molecule has 1 aromatic rings. The molecule has 0 aromatic carbocycles. The van der Waals surface area contributed by atoms with Crippen molar-refractivity contribution in [2.45, 2.75) is 45.1 Å². The van der Waals surface area contributed by atoms with Crippen LogP contribution in [0.25, 0.3) is 0 Å². The number of carboxylic acids is 1. The maximum absolute atomic E-state index is 11.1. The summed E-state index contributed by atoms with van der Waals surface area (Å²) in [6.07, 6.45) is 6.78. The van der Waals surface area contributed by atoms with Crippen molar-refractivity contribution in [1.82, 2.24) is 15.0 Å². The highest BCUT2D eigenvalue weighted by Gasteiger charge is 2.21. The molecule has 0 amide bonds. The molecule has 0 spiro atoms. The summed E-state index contributed by atoms with van der Waals surface area (Å²) < 4.78 is 6.80. The molecule has 1 aliphatic rings. The molecule has 0 radical (unpaired) electrons. The van der Waals surface area contributed by atoms with Gasteiger partial charge in [0.25, 0.3) is 0 Å². The Hall–Kier alpha value is -1.43. The van der Waals surface area contributed by atoms with Gasteiger partial charge in [-0.25, -0.2) is 9.48 Å². The summed E-state index contributed by atoms with van der Waals surface area (Å²) in [5.41, 5.74) is 0.743. The van der Waals surface area contributed by atoms with Gasteiger partial charge in [-0.15, -0.1) is 5.10 Å². The van der Waals surface area contributed by atoms with Crippen LogP contribution in [-0.2, 0) is 17.7 Å². The van der Waals surface area contributed by atoms with Gasteiger partial charge in [0.15, 0.2) is 5.69 Å². The van der Waals surface area contributed by atoms with E-state index < -0.39 is 5.97 Å². The number of hydrogen-bond acceptors (Lipinski definition) is 4. The van der Waals surface area contributed by atoms with E-state index in [1.54, 1.807) is 11.8 Å². The van der Waals surface area contributed by atoms with Gasteiger partial charge in [-0.3, -0.25) is 0 Å². The topological polar surface area (TPSA) is 77.2 Å². The first kappa shape index (κ1) is 14.0. The fourth-order valence-electron chi connectivity index (χ4n) is 2.71. The van der Waals surface area contributed by atoms with Crippen molar-refractivity contribution in [3.63, 3.8) is 0 Å². The van der Waals surface area contributed by atoms with E-state index in [4.69, 9.17) is 9.84 Å². The highest BCUT2D eigenvalue weighted by molar-refractivity contribution is 5.86. The molecule has 1 aliphatic carbocycles. The average molecular weight is 267 g/mol. The maximum Gasteiger partial charge on any atom is 0.358 e. The Morgan fingerprint density at radius 1 is 1.42 bits per heavy atom. The lowest BCUT2D eigenvalue weighted by Crippen LogP contribution is -2.18. The lowest BCUT2D eigenvalue weighted by molar-refractivity contribution is 0.0688. The van der Waals surface area contributed by atoms with Crippen LogP contribution in [0.5, 0.6) is 0 Å². The average Bonchev–Trinajstić information content (AvgIpc) is 2.80. The predicted octanol–water partition coefficient (Wildman–Crippen LogP) is 1.75. The lowest BCUT2D eigenvalue weighted by Gasteiger charge is -2.21. The maximum atomic E-state index is 11.1. The van der Waals surface area contributed by atoms with Gasteiger partial charge in [-0.05, 0) is 18.8 Å². The minimum Gasteiger partial charge on any atom is -0.476 e. The van der Waals surface area contributed by atoms with E-state index in [0.29, 0.717) is 24.6 Å². The summed E-state index contributed by atoms with van der Waals surface area (Å²) in [5.74, 6) is -0.417. The molecule has 106 valence electrons. The molecule has 1 aromatic heterocycles. The predicted molar refractivity (Wildman–Crippen MR) is 69.1 cm³/mol. The second-order valence-electron chi connectivity index (χ2n) is 5.12. The molecule has 0 unspecified atom stereocenters. The van der Waals surface area contributed by atoms with Crippen LogP contribution in [0, 0.1) is 5.92 Å². The Morgan fingerprint density at radius 2 is 2.16 bits per heavy atom. The third-order valence-electron chi connectivity index (χ3n) is 3.74. The zero-order valence-corrected chi connectivity index (χ0v) is 11.3. The van der Waals surface area contributed by atoms with Gasteiger partial charge < -0.3 is 9.84 Å². The van der Waals surface area contributed by atoms with Crippen LogP contribution in [0.3, 0.4) is 0 Å². The molecule has 0 aliphatic heterocycles. The molecular weight excluding hydrogens is 246 g/mol. The van der Waals surface area contributed by atoms with E-state index in [-0.39, 0.29) is 5.69 Å². The largest absolute Gasteiger partial charge is 0.476 e. The van der Waals surface area contributed by atoms with E-state index in [2.05, 4.69) is 10.3 Å². The van der Waals surface area contributed by atoms with Gasteiger partial charge in [0, 0.05) is 20.1 Å². The smallest absolute Gasteiger partial charge is 0.358 e. The minimum atomic E-state index is -1.01. The van der Waals surface area contributed by atoms with E-state index in [9.17, 15) is 4.79 Å². The fourth-order valence-corrected chi connectivity index (χ4v) is 2.71. The molecular formula is C13H21N3O3. The molecule has 2 rings (SSSR count). The zero-order valence-electron chi connectivity index (χ0n) is 11.3. The number of aromatic nitrogens is 3. The van der Waals surface area contributed by atoms with Crippen molar-refractivity contribution >= 4 is 5.97 Å². The van der Waals surface area contributed by atoms with Gasteiger partial charge in [0.2, 0.25) is 0 Å². The highest BCUT2D eigenvalue weighted by Crippen LogP contribution is 2.25. The van der Waals surface area contributed by atoms with Crippen LogP contribution in [0.4, 0.5) is 0 Å². The third kappa shape index (κ3) is 3.53. The van der Waals surface area contributed by atoms with Crippen molar-refractivity contribution in [2.75, 3.05) is 13.7 Å². The molecule has 0 saturated heterocycles. The van der Waals surface area contributed by atoms with Crippen molar-refractivity contribution in [1.29, 1.82) is 0 Å². The second kappa shape index (κ2) is 6.65. The number of ether oxygens (including phenoxy) is 1. The van der Waals surface area contributed by atoms with Gasteiger partial charge in [0.05, 0.1) is 12.3 Å². The van der Waals surface area contributed by atoms with Crippen molar-refractivity contribution in [3.05, 3.63) is 11.4 Å². The Labute approximate surface area is 112 Å². The molecule has 0 atom stereocenters. The first-order valence-electron chi connectivity index (χ1n) is 6.87. The number of carboxylic acid groups (broad SMARTS) is 1. The van der Waals surface area contributed by atoms with Crippen LogP contribution in [-0.4, -0.2) is 39.8 Å². The summed E-state index contributed by atoms with van der Waals surface area (Å²) in [6.45, 7) is 1.26. The van der Waals surface area contributed by atoms with Crippen LogP contribution in [0.1, 0.15) is 48.3 Å². The standard InChI is InChI=1S/C13H21N3O3/c1-19-8-7-11-12(13(17)18)14-15-16(11)9-10-5-3-2-4-6-10/h10H,2-9H2,1H3,(H,17,18). The second-order valence-corrected chi connectivity index (χ2v) is 5.12. The monoisotopic (exact) mass is 267 g/mol. The number of rotatable bonds is 6. The summed E-state index contributed by atoms with van der Waals surface area (Å²) >= 11 is 0. The Bertz CT molecular complexity index is 425. The number of aromatic carboxylic acids is 1. The molecule has 19 heavy (non-hydrogen) atoms. The molecule has 6 nitrogen and oxygen atoms in total. The summed E-state index contributed by atoms with van der Waals surface area (Å²) in [6, 6.07) is 0. The van der Waals surface area contributed by atoms with E-state index in [1.165, 1.54) is 32.1 Å². The molecule has 6 heteroatoms. The molecule has 1 heterocycles. The Kier molecular flexibility index (Phi) is 4.90. The first-order valence-corrected chi connectivity index (χ1v) is 6.87. The Morgan fingerprint density at radius 3 is 2.79 bits per heavy atom. The number of methoxy groups -OCH3 is 1. The van der Waals surface area contributed by atoms with Gasteiger partial charge in [-0.1, -0.05) is 24.5 Å². The van der Waals surface area contributed by atoms with Crippen molar-refractivity contribution in [2.24, 2.45) is 5.92 Å². The fraction of sp³-hybridized carbons (Fsp3) is 0.769. The summed E-state index contributed by atoms with van der Waals surface area (Å²) in [4.78, 5) is 11.1. The number of carbonyl (C=O) groups is 1. The van der Waals surface area contributed by atoms with Crippen molar-refractivity contribution in [3.8, 4) is 0 Å². The van der Waals surface area contributed by atoms with E-state index >= 15 is 0 Å². The molecule has 1 N–H and O–H groups in total. The lowest BCUT2D eigenvalue weighted by atomic mass is 9.89. The summed E-state index contributed by atoms with van der Waals surface area (Å²) in [5, 5.41) is 16.9. The number of hydrogen-bond donors (Lipinski definition) is 1. The SMILES string of the molecule is COCCc1c(C(=O)O)nnn1CC1CCCCC1. The van der Waals surface area contributed by atoms with Crippen molar-refractivity contribution < 1.29 is 14.6 Å². The molecule has 1 saturated carbocycles. The molecule has 1 fully saturated rings. The zero-order chi connectivity index (χ0) is 13.7. The van der Waals surface area contributed by atoms with Crippen LogP contribution < -0.4 is 0 Å². The van der Waals surface area contributed by atoms with Gasteiger partial charge in [-0.2, -0.15) is 0 Å². The van der Waals surface area contributed by atoms with Crippen LogP contribution in [0.15, 0.2) is 0 Å². The quantitative estimate of drug-likeness (QED) is 0.849. The third-order valence-corrected chi connectivity index (χ3v) is 3.74. The normalized spacial score (nSPS) is 16.7.